The summed E-state index contributed by atoms with van der Waals surface area (Å²) < 4.78 is 5.71. The van der Waals surface area contributed by atoms with Gasteiger partial charge in [-0.1, -0.05) is 6.92 Å². The molecule has 0 aromatic rings. The Labute approximate surface area is 93.2 Å². The van der Waals surface area contributed by atoms with E-state index < -0.39 is 0 Å². The number of hydrogen-bond acceptors (Lipinski definition) is 3. The standard InChI is InChI=1S/C12H24N2O/c1-4-11-9-14(5-6-15-11)10-7-12(2,3)13-8-10/h10-11,13H,4-9H2,1-3H3. The van der Waals surface area contributed by atoms with Gasteiger partial charge in [0.25, 0.3) is 0 Å². The fraction of sp³-hybridized carbons (Fsp3) is 1.00. The average Bonchev–Trinajstić information content (AvgIpc) is 2.59. The van der Waals surface area contributed by atoms with Crippen molar-refractivity contribution in [2.75, 3.05) is 26.2 Å². The molecular weight excluding hydrogens is 188 g/mol. The molecule has 0 spiro atoms. The predicted octanol–water partition coefficient (Wildman–Crippen LogP) is 1.24. The first-order valence-electron chi connectivity index (χ1n) is 6.21. The number of morpholine rings is 1. The van der Waals surface area contributed by atoms with Gasteiger partial charge in [-0.2, -0.15) is 0 Å². The van der Waals surface area contributed by atoms with E-state index in [1.807, 2.05) is 0 Å². The molecule has 0 amide bonds. The minimum absolute atomic E-state index is 0.324. The third-order valence-electron chi connectivity index (χ3n) is 3.70. The number of ether oxygens (including phenoxy) is 1. The van der Waals surface area contributed by atoms with Crippen molar-refractivity contribution in [2.45, 2.75) is 51.3 Å². The van der Waals surface area contributed by atoms with Gasteiger partial charge in [0.15, 0.2) is 0 Å². The smallest absolute Gasteiger partial charge is 0.0700 e. The molecule has 0 aromatic heterocycles. The summed E-state index contributed by atoms with van der Waals surface area (Å²) in [7, 11) is 0. The van der Waals surface area contributed by atoms with E-state index in [0.717, 1.165) is 38.7 Å². The zero-order chi connectivity index (χ0) is 10.9. The molecule has 0 aliphatic carbocycles. The molecule has 2 fully saturated rings. The van der Waals surface area contributed by atoms with E-state index in [1.165, 1.54) is 6.42 Å². The van der Waals surface area contributed by atoms with Crippen molar-refractivity contribution in [2.24, 2.45) is 0 Å². The second-order valence-electron chi connectivity index (χ2n) is 5.52. The van der Waals surface area contributed by atoms with E-state index in [0.29, 0.717) is 11.6 Å². The van der Waals surface area contributed by atoms with Crippen LogP contribution in [0.25, 0.3) is 0 Å². The molecule has 2 atom stereocenters. The Morgan fingerprint density at radius 2 is 2.27 bits per heavy atom. The van der Waals surface area contributed by atoms with Crippen molar-refractivity contribution in [1.82, 2.24) is 10.2 Å². The second-order valence-corrected chi connectivity index (χ2v) is 5.52. The Morgan fingerprint density at radius 3 is 2.87 bits per heavy atom. The molecule has 2 aliphatic heterocycles. The third-order valence-corrected chi connectivity index (χ3v) is 3.70. The van der Waals surface area contributed by atoms with Gasteiger partial charge in [0, 0.05) is 31.2 Å². The highest BCUT2D eigenvalue weighted by molar-refractivity contribution is 4.95. The lowest BCUT2D eigenvalue weighted by Gasteiger charge is -2.36. The predicted molar refractivity (Wildman–Crippen MR) is 62.1 cm³/mol. The minimum Gasteiger partial charge on any atom is -0.376 e. The van der Waals surface area contributed by atoms with E-state index in [2.05, 4.69) is 31.0 Å². The highest BCUT2D eigenvalue weighted by Gasteiger charge is 2.35. The maximum absolute atomic E-state index is 5.71. The van der Waals surface area contributed by atoms with Crippen LogP contribution in [0.1, 0.15) is 33.6 Å². The molecule has 15 heavy (non-hydrogen) atoms. The monoisotopic (exact) mass is 212 g/mol. The fourth-order valence-electron chi connectivity index (χ4n) is 2.71. The minimum atomic E-state index is 0.324. The van der Waals surface area contributed by atoms with Crippen molar-refractivity contribution >= 4 is 0 Å². The molecule has 0 saturated carbocycles. The second kappa shape index (κ2) is 4.40. The highest BCUT2D eigenvalue weighted by atomic mass is 16.5. The van der Waals surface area contributed by atoms with E-state index in [4.69, 9.17) is 4.74 Å². The van der Waals surface area contributed by atoms with Crippen molar-refractivity contribution in [1.29, 1.82) is 0 Å². The van der Waals surface area contributed by atoms with Gasteiger partial charge in [-0.15, -0.1) is 0 Å². The maximum Gasteiger partial charge on any atom is 0.0700 e. The average molecular weight is 212 g/mol. The van der Waals surface area contributed by atoms with Crippen LogP contribution in [0.15, 0.2) is 0 Å². The third kappa shape index (κ3) is 2.71. The summed E-state index contributed by atoms with van der Waals surface area (Å²) in [6.07, 6.45) is 2.87. The van der Waals surface area contributed by atoms with E-state index in [9.17, 15) is 0 Å². The molecule has 3 heteroatoms. The molecule has 2 saturated heterocycles. The Kier molecular flexibility index (Phi) is 3.33. The van der Waals surface area contributed by atoms with Crippen LogP contribution in [-0.4, -0.2) is 48.8 Å². The molecule has 2 aliphatic rings. The summed E-state index contributed by atoms with van der Waals surface area (Å²) in [5.74, 6) is 0. The topological polar surface area (TPSA) is 24.5 Å². The van der Waals surface area contributed by atoms with Gasteiger partial charge in [0.2, 0.25) is 0 Å². The van der Waals surface area contributed by atoms with Crippen LogP contribution in [0.2, 0.25) is 0 Å². The van der Waals surface area contributed by atoms with Crippen molar-refractivity contribution in [3.05, 3.63) is 0 Å². The summed E-state index contributed by atoms with van der Waals surface area (Å²) in [5.41, 5.74) is 0.324. The van der Waals surface area contributed by atoms with Gasteiger partial charge < -0.3 is 10.1 Å². The zero-order valence-corrected chi connectivity index (χ0v) is 10.3. The van der Waals surface area contributed by atoms with Crippen LogP contribution >= 0.6 is 0 Å². The van der Waals surface area contributed by atoms with Gasteiger partial charge >= 0.3 is 0 Å². The quantitative estimate of drug-likeness (QED) is 0.745. The SMILES string of the molecule is CCC1CN(C2CNC(C)(C)C2)CCO1. The van der Waals surface area contributed by atoms with Gasteiger partial charge in [0.1, 0.15) is 0 Å². The van der Waals surface area contributed by atoms with Crippen molar-refractivity contribution in [3.63, 3.8) is 0 Å². The summed E-state index contributed by atoms with van der Waals surface area (Å²) in [5, 5.41) is 3.59. The first-order chi connectivity index (χ1) is 7.11. The Hall–Kier alpha value is -0.120. The number of nitrogens with zero attached hydrogens (tertiary/aromatic N) is 1. The molecule has 0 radical (unpaired) electrons. The van der Waals surface area contributed by atoms with Crippen LogP contribution in [-0.2, 0) is 4.74 Å². The normalized spacial score (nSPS) is 37.0. The molecule has 0 bridgehead atoms. The molecule has 2 rings (SSSR count). The van der Waals surface area contributed by atoms with Crippen LogP contribution in [0.3, 0.4) is 0 Å². The van der Waals surface area contributed by atoms with Crippen molar-refractivity contribution < 1.29 is 4.74 Å². The van der Waals surface area contributed by atoms with E-state index in [-0.39, 0.29) is 0 Å². The summed E-state index contributed by atoms with van der Waals surface area (Å²) in [6.45, 7) is 11.1. The lowest BCUT2D eigenvalue weighted by atomic mass is 10.00. The molecule has 2 unspecified atom stereocenters. The van der Waals surface area contributed by atoms with E-state index >= 15 is 0 Å². The summed E-state index contributed by atoms with van der Waals surface area (Å²) in [4.78, 5) is 2.61. The molecule has 1 N–H and O–H groups in total. The van der Waals surface area contributed by atoms with Crippen LogP contribution in [0.5, 0.6) is 0 Å². The summed E-state index contributed by atoms with van der Waals surface area (Å²) in [6, 6.07) is 0.720. The Balaban J connectivity index is 1.88. The molecular formula is C12H24N2O. The number of rotatable bonds is 2. The van der Waals surface area contributed by atoms with Crippen LogP contribution in [0.4, 0.5) is 0 Å². The molecule has 3 nitrogen and oxygen atoms in total. The number of nitrogens with one attached hydrogen (secondary N) is 1. The van der Waals surface area contributed by atoms with Crippen molar-refractivity contribution in [3.8, 4) is 0 Å². The molecule has 88 valence electrons. The lowest BCUT2D eigenvalue weighted by molar-refractivity contribution is -0.0423. The fourth-order valence-corrected chi connectivity index (χ4v) is 2.71. The van der Waals surface area contributed by atoms with Gasteiger partial charge in [-0.25, -0.2) is 0 Å². The van der Waals surface area contributed by atoms with Crippen LogP contribution < -0.4 is 5.32 Å². The van der Waals surface area contributed by atoms with E-state index in [1.54, 1.807) is 0 Å². The zero-order valence-electron chi connectivity index (χ0n) is 10.3. The Morgan fingerprint density at radius 1 is 1.47 bits per heavy atom. The Bertz CT molecular complexity index is 218. The highest BCUT2D eigenvalue weighted by Crippen LogP contribution is 2.24. The first-order valence-corrected chi connectivity index (χ1v) is 6.21. The first kappa shape index (κ1) is 11.4. The van der Waals surface area contributed by atoms with Gasteiger partial charge in [-0.3, -0.25) is 4.90 Å². The van der Waals surface area contributed by atoms with Crippen LogP contribution in [0, 0.1) is 0 Å². The largest absolute Gasteiger partial charge is 0.376 e. The molecule has 2 heterocycles. The molecule has 0 aromatic carbocycles. The lowest BCUT2D eigenvalue weighted by Crippen LogP contribution is -2.48. The van der Waals surface area contributed by atoms with Gasteiger partial charge in [0.05, 0.1) is 12.7 Å². The van der Waals surface area contributed by atoms with Gasteiger partial charge in [-0.05, 0) is 26.7 Å². The number of hydrogen-bond donors (Lipinski definition) is 1. The maximum atomic E-state index is 5.71. The summed E-state index contributed by atoms with van der Waals surface area (Å²) >= 11 is 0.